The molecule has 1 N–H and O–H groups in total. The normalized spacial score (nSPS) is 11.8. The Bertz CT molecular complexity index is 580. The van der Waals surface area contributed by atoms with Gasteiger partial charge in [-0.05, 0) is 34.7 Å². The van der Waals surface area contributed by atoms with E-state index in [1.165, 1.54) is 5.56 Å². The lowest BCUT2D eigenvalue weighted by Gasteiger charge is -2.08. The molecule has 0 aromatic heterocycles. The van der Waals surface area contributed by atoms with Gasteiger partial charge in [-0.2, -0.15) is 0 Å². The van der Waals surface area contributed by atoms with Gasteiger partial charge in [-0.25, -0.2) is 4.79 Å². The van der Waals surface area contributed by atoms with Crippen molar-refractivity contribution in [1.29, 1.82) is 0 Å². The fourth-order valence-electron chi connectivity index (χ4n) is 1.92. The number of carboxylic acid groups (broad SMARTS) is 1. The first-order chi connectivity index (χ1) is 9.11. The first-order valence-corrected chi connectivity index (χ1v) is 6.18. The number of hydrogen-bond acceptors (Lipinski definition) is 1. The number of benzene rings is 2. The lowest BCUT2D eigenvalue weighted by molar-refractivity contribution is 0.0697. The van der Waals surface area contributed by atoms with Crippen molar-refractivity contribution in [2.75, 3.05) is 0 Å². The van der Waals surface area contributed by atoms with Crippen LogP contribution >= 0.6 is 0 Å². The Hall–Kier alpha value is -2.35. The van der Waals surface area contributed by atoms with Crippen LogP contribution in [-0.4, -0.2) is 11.1 Å². The third-order valence-corrected chi connectivity index (χ3v) is 3.26. The van der Waals surface area contributed by atoms with Gasteiger partial charge in [-0.1, -0.05) is 49.4 Å². The largest absolute Gasteiger partial charge is 0.478 e. The van der Waals surface area contributed by atoms with Crippen LogP contribution in [0.1, 0.15) is 28.8 Å². The topological polar surface area (TPSA) is 37.3 Å². The molecule has 2 rings (SSSR count). The van der Waals surface area contributed by atoms with E-state index in [2.05, 4.69) is 25.6 Å². The third kappa shape index (κ3) is 2.91. The molecule has 0 amide bonds. The summed E-state index contributed by atoms with van der Waals surface area (Å²) in [6.07, 6.45) is 1.91. The maximum absolute atomic E-state index is 10.8. The highest BCUT2D eigenvalue weighted by Gasteiger charge is 2.04. The number of carbonyl (C=O) groups is 1. The predicted molar refractivity (Wildman–Crippen MR) is 77.4 cm³/mol. The molecule has 19 heavy (non-hydrogen) atoms. The van der Waals surface area contributed by atoms with E-state index in [4.69, 9.17) is 5.11 Å². The molecule has 1 atom stereocenters. The zero-order chi connectivity index (χ0) is 13.8. The van der Waals surface area contributed by atoms with E-state index in [1.807, 2.05) is 30.3 Å². The minimum Gasteiger partial charge on any atom is -0.478 e. The summed E-state index contributed by atoms with van der Waals surface area (Å²) in [4.78, 5) is 10.8. The Morgan fingerprint density at radius 3 is 1.95 bits per heavy atom. The fraction of sp³-hybridized carbons (Fsp3) is 0.118. The third-order valence-electron chi connectivity index (χ3n) is 3.26. The molecule has 0 aliphatic carbocycles. The van der Waals surface area contributed by atoms with Gasteiger partial charge in [-0.15, -0.1) is 6.58 Å². The van der Waals surface area contributed by atoms with Gasteiger partial charge in [0, 0.05) is 0 Å². The number of carboxylic acids is 1. The summed E-state index contributed by atoms with van der Waals surface area (Å²) in [6.45, 7) is 5.89. The number of rotatable bonds is 4. The standard InChI is InChI=1S/C17H16O2/c1-3-12(2)13-4-6-14(7-5-13)15-8-10-16(11-9-15)17(18)19/h3-12H,1H2,2H3,(H,18,19). The Balaban J connectivity index is 2.27. The predicted octanol–water partition coefficient (Wildman–Crippen LogP) is 4.34. The molecule has 1 unspecified atom stereocenters. The highest BCUT2D eigenvalue weighted by Crippen LogP contribution is 2.23. The summed E-state index contributed by atoms with van der Waals surface area (Å²) < 4.78 is 0. The Kier molecular flexibility index (Phi) is 3.81. The smallest absolute Gasteiger partial charge is 0.335 e. The maximum atomic E-state index is 10.8. The molecular formula is C17H16O2. The van der Waals surface area contributed by atoms with Crippen molar-refractivity contribution in [3.05, 3.63) is 72.3 Å². The highest BCUT2D eigenvalue weighted by atomic mass is 16.4. The second-order valence-corrected chi connectivity index (χ2v) is 4.53. The summed E-state index contributed by atoms with van der Waals surface area (Å²) >= 11 is 0. The van der Waals surface area contributed by atoms with Crippen molar-refractivity contribution in [1.82, 2.24) is 0 Å². The van der Waals surface area contributed by atoms with Gasteiger partial charge in [-0.3, -0.25) is 0 Å². The molecule has 2 nitrogen and oxygen atoms in total. The van der Waals surface area contributed by atoms with E-state index >= 15 is 0 Å². The minimum absolute atomic E-state index is 0.306. The molecule has 96 valence electrons. The van der Waals surface area contributed by atoms with Crippen LogP contribution in [0.25, 0.3) is 11.1 Å². The van der Waals surface area contributed by atoms with Crippen LogP contribution in [0.15, 0.2) is 61.2 Å². The van der Waals surface area contributed by atoms with Crippen molar-refractivity contribution in [3.8, 4) is 11.1 Å². The van der Waals surface area contributed by atoms with Crippen LogP contribution in [0.3, 0.4) is 0 Å². The Morgan fingerprint density at radius 2 is 1.53 bits per heavy atom. The van der Waals surface area contributed by atoms with Gasteiger partial charge in [0.25, 0.3) is 0 Å². The fourth-order valence-corrected chi connectivity index (χ4v) is 1.92. The zero-order valence-corrected chi connectivity index (χ0v) is 10.8. The van der Waals surface area contributed by atoms with Gasteiger partial charge >= 0.3 is 5.97 Å². The molecule has 0 bridgehead atoms. The molecule has 0 saturated heterocycles. The van der Waals surface area contributed by atoms with Crippen molar-refractivity contribution < 1.29 is 9.90 Å². The quantitative estimate of drug-likeness (QED) is 0.822. The van der Waals surface area contributed by atoms with Crippen LogP contribution in [0.5, 0.6) is 0 Å². The average molecular weight is 252 g/mol. The lowest BCUT2D eigenvalue weighted by Crippen LogP contribution is -1.95. The maximum Gasteiger partial charge on any atom is 0.335 e. The van der Waals surface area contributed by atoms with Crippen LogP contribution in [-0.2, 0) is 0 Å². The molecule has 0 heterocycles. The van der Waals surface area contributed by atoms with Crippen molar-refractivity contribution >= 4 is 5.97 Å². The summed E-state index contributed by atoms with van der Waals surface area (Å²) in [5.41, 5.74) is 3.63. The van der Waals surface area contributed by atoms with Crippen molar-refractivity contribution in [3.63, 3.8) is 0 Å². The van der Waals surface area contributed by atoms with Crippen LogP contribution < -0.4 is 0 Å². The van der Waals surface area contributed by atoms with Gasteiger partial charge in [0.05, 0.1) is 5.56 Å². The number of allylic oxidation sites excluding steroid dienone is 1. The zero-order valence-electron chi connectivity index (χ0n) is 10.8. The minimum atomic E-state index is -0.901. The summed E-state index contributed by atoms with van der Waals surface area (Å²) in [5, 5.41) is 8.86. The molecule has 0 fully saturated rings. The molecular weight excluding hydrogens is 236 g/mol. The van der Waals surface area contributed by atoms with Crippen LogP contribution in [0, 0.1) is 0 Å². The summed E-state index contributed by atoms with van der Waals surface area (Å²) in [6, 6.07) is 15.1. The van der Waals surface area contributed by atoms with Gasteiger partial charge < -0.3 is 5.11 Å². The lowest BCUT2D eigenvalue weighted by atomic mass is 9.97. The van der Waals surface area contributed by atoms with E-state index in [0.717, 1.165) is 11.1 Å². The highest BCUT2D eigenvalue weighted by molar-refractivity contribution is 5.88. The Labute approximate surface area is 113 Å². The first kappa shape index (κ1) is 13.1. The molecule has 0 aliphatic rings. The molecule has 2 aromatic rings. The SMILES string of the molecule is C=CC(C)c1ccc(-c2ccc(C(=O)O)cc2)cc1. The molecule has 0 saturated carbocycles. The van der Waals surface area contributed by atoms with E-state index in [0.29, 0.717) is 11.5 Å². The molecule has 0 aliphatic heterocycles. The molecule has 0 radical (unpaired) electrons. The summed E-state index contributed by atoms with van der Waals surface area (Å²) in [7, 11) is 0. The van der Waals surface area contributed by atoms with E-state index in [-0.39, 0.29) is 0 Å². The first-order valence-electron chi connectivity index (χ1n) is 6.18. The average Bonchev–Trinajstić information content (AvgIpc) is 2.46. The van der Waals surface area contributed by atoms with E-state index in [9.17, 15) is 4.79 Å². The van der Waals surface area contributed by atoms with Gasteiger partial charge in [0.1, 0.15) is 0 Å². The van der Waals surface area contributed by atoms with Gasteiger partial charge in [0.2, 0.25) is 0 Å². The second kappa shape index (κ2) is 5.53. The van der Waals surface area contributed by atoms with Crippen molar-refractivity contribution in [2.24, 2.45) is 0 Å². The number of aromatic carboxylic acids is 1. The van der Waals surface area contributed by atoms with Crippen LogP contribution in [0.4, 0.5) is 0 Å². The van der Waals surface area contributed by atoms with E-state index < -0.39 is 5.97 Å². The van der Waals surface area contributed by atoms with Gasteiger partial charge in [0.15, 0.2) is 0 Å². The van der Waals surface area contributed by atoms with E-state index in [1.54, 1.807) is 12.1 Å². The Morgan fingerprint density at radius 1 is 1.05 bits per heavy atom. The molecule has 0 spiro atoms. The monoisotopic (exact) mass is 252 g/mol. The summed E-state index contributed by atoms with van der Waals surface area (Å²) in [5.74, 6) is -0.565. The molecule has 2 heteroatoms. The number of hydrogen-bond donors (Lipinski definition) is 1. The van der Waals surface area contributed by atoms with Crippen molar-refractivity contribution in [2.45, 2.75) is 12.8 Å². The second-order valence-electron chi connectivity index (χ2n) is 4.53. The molecule has 2 aromatic carbocycles. The van der Waals surface area contributed by atoms with Crippen LogP contribution in [0.2, 0.25) is 0 Å².